The topological polar surface area (TPSA) is 98.0 Å². The Kier molecular flexibility index (Phi) is 6.81. The molecule has 0 saturated heterocycles. The molecule has 0 unspecified atom stereocenters. The van der Waals surface area contributed by atoms with Crippen LogP contribution in [-0.4, -0.2) is 48.8 Å². The minimum atomic E-state index is -1.06. The van der Waals surface area contributed by atoms with Crippen LogP contribution >= 0.6 is 11.3 Å². The van der Waals surface area contributed by atoms with E-state index in [1.165, 1.54) is 23.5 Å². The van der Waals surface area contributed by atoms with Gasteiger partial charge in [-0.1, -0.05) is 23.4 Å². The van der Waals surface area contributed by atoms with E-state index in [0.717, 1.165) is 21.8 Å². The van der Waals surface area contributed by atoms with Crippen LogP contribution in [0.2, 0.25) is 0 Å². The third-order valence-corrected chi connectivity index (χ3v) is 6.62. The zero-order chi connectivity index (χ0) is 26.0. The first-order valence-electron chi connectivity index (χ1n) is 11.6. The van der Waals surface area contributed by atoms with Gasteiger partial charge in [0.2, 0.25) is 5.95 Å². The maximum absolute atomic E-state index is 14.8. The fourth-order valence-electron chi connectivity index (χ4n) is 3.74. The molecule has 8 nitrogen and oxygen atoms in total. The quantitative estimate of drug-likeness (QED) is 0.276. The second-order valence-corrected chi connectivity index (χ2v) is 10.1. The number of halogens is 2. The molecule has 37 heavy (non-hydrogen) atoms. The summed E-state index contributed by atoms with van der Waals surface area (Å²) in [5.74, 6) is -0.225. The van der Waals surface area contributed by atoms with Crippen molar-refractivity contribution in [2.75, 3.05) is 18.5 Å². The molecule has 2 N–H and O–H groups in total. The Bertz CT molecular complexity index is 1530. The lowest BCUT2D eigenvalue weighted by molar-refractivity contribution is 0.0287. The smallest absolute Gasteiger partial charge is 0.223 e. The molecule has 5 rings (SSSR count). The van der Waals surface area contributed by atoms with Crippen LogP contribution in [0.5, 0.6) is 5.75 Å². The van der Waals surface area contributed by atoms with Gasteiger partial charge in [0.15, 0.2) is 5.82 Å². The largest absolute Gasteiger partial charge is 0.490 e. The summed E-state index contributed by atoms with van der Waals surface area (Å²) in [5, 5.41) is 21.7. The Morgan fingerprint density at radius 1 is 1.14 bits per heavy atom. The van der Waals surface area contributed by atoms with Crippen molar-refractivity contribution in [3.8, 4) is 27.4 Å². The van der Waals surface area contributed by atoms with E-state index in [0.29, 0.717) is 35.2 Å². The monoisotopic (exact) mass is 522 g/mol. The van der Waals surface area contributed by atoms with Crippen molar-refractivity contribution >= 4 is 27.4 Å². The third-order valence-electron chi connectivity index (χ3n) is 5.43. The maximum Gasteiger partial charge on any atom is 0.223 e. The molecule has 5 aromatic rings. The van der Waals surface area contributed by atoms with E-state index in [4.69, 9.17) is 4.74 Å². The molecule has 0 saturated carbocycles. The van der Waals surface area contributed by atoms with Crippen molar-refractivity contribution in [2.45, 2.75) is 26.0 Å². The highest BCUT2D eigenvalue weighted by molar-refractivity contribution is 7.22. The van der Waals surface area contributed by atoms with Crippen molar-refractivity contribution in [1.29, 1.82) is 0 Å². The molecule has 0 aliphatic carbocycles. The average Bonchev–Trinajstić information content (AvgIpc) is 3.53. The fourth-order valence-corrected chi connectivity index (χ4v) is 4.92. The van der Waals surface area contributed by atoms with Crippen LogP contribution in [0.4, 0.5) is 14.7 Å². The molecular weight excluding hydrogens is 498 g/mol. The minimum Gasteiger partial charge on any atom is -0.490 e. The Balaban J connectivity index is 1.48. The van der Waals surface area contributed by atoms with Crippen molar-refractivity contribution in [1.82, 2.24) is 25.0 Å². The van der Waals surface area contributed by atoms with Crippen LogP contribution in [0.3, 0.4) is 0 Å². The molecule has 3 aromatic heterocycles. The maximum atomic E-state index is 14.8. The number of nitrogens with one attached hydrogen (secondary N) is 1. The molecule has 0 aliphatic heterocycles. The van der Waals surface area contributed by atoms with Gasteiger partial charge in [-0.05, 0) is 43.5 Å². The zero-order valence-corrected chi connectivity index (χ0v) is 21.0. The summed E-state index contributed by atoms with van der Waals surface area (Å²) >= 11 is 1.35. The summed E-state index contributed by atoms with van der Waals surface area (Å²) < 4.78 is 37.4. The van der Waals surface area contributed by atoms with Crippen molar-refractivity contribution < 1.29 is 18.6 Å². The van der Waals surface area contributed by atoms with Gasteiger partial charge in [-0.25, -0.2) is 18.7 Å². The minimum absolute atomic E-state index is 0.0378. The van der Waals surface area contributed by atoms with Gasteiger partial charge in [-0.2, -0.15) is 0 Å². The van der Waals surface area contributed by atoms with Crippen molar-refractivity contribution in [3.63, 3.8) is 0 Å². The van der Waals surface area contributed by atoms with Gasteiger partial charge in [0.1, 0.15) is 23.9 Å². The molecule has 190 valence electrons. The highest BCUT2D eigenvalue weighted by atomic mass is 32.1. The summed E-state index contributed by atoms with van der Waals surface area (Å²) in [5.41, 5.74) is 0.393. The number of rotatable bonds is 9. The van der Waals surface area contributed by atoms with Gasteiger partial charge < -0.3 is 15.2 Å². The summed E-state index contributed by atoms with van der Waals surface area (Å²) in [6.07, 6.45) is 4.47. The predicted molar refractivity (Wildman–Crippen MR) is 139 cm³/mol. The van der Waals surface area contributed by atoms with E-state index in [2.05, 4.69) is 25.6 Å². The summed E-state index contributed by atoms with van der Waals surface area (Å²) in [6, 6.07) is 11.7. The van der Waals surface area contributed by atoms with Gasteiger partial charge in [-0.3, -0.25) is 4.68 Å². The number of hydrogen-bond donors (Lipinski definition) is 2. The Labute approximate surface area is 215 Å². The molecule has 0 aliphatic rings. The molecule has 11 heteroatoms. The number of benzene rings is 2. The summed E-state index contributed by atoms with van der Waals surface area (Å²) in [7, 11) is 0. The van der Waals surface area contributed by atoms with Gasteiger partial charge >= 0.3 is 0 Å². The second-order valence-electron chi connectivity index (χ2n) is 9.06. The van der Waals surface area contributed by atoms with Crippen LogP contribution < -0.4 is 10.1 Å². The summed E-state index contributed by atoms with van der Waals surface area (Å²) in [4.78, 5) is 9.06. The number of aromatic nitrogens is 5. The molecule has 2 aromatic carbocycles. The molecular formula is C26H24F2N6O2S. The van der Waals surface area contributed by atoms with Crippen LogP contribution in [0.1, 0.15) is 13.8 Å². The van der Waals surface area contributed by atoms with E-state index < -0.39 is 17.2 Å². The van der Waals surface area contributed by atoms with Gasteiger partial charge in [0.05, 0.1) is 29.4 Å². The van der Waals surface area contributed by atoms with Crippen LogP contribution in [-0.2, 0) is 6.54 Å². The lowest BCUT2D eigenvalue weighted by Crippen LogP contribution is -2.28. The number of ether oxygens (including phenoxy) is 1. The van der Waals surface area contributed by atoms with Crippen LogP contribution in [0.15, 0.2) is 61.1 Å². The standard InChI is InChI=1S/C26H24F2N6O2S/c1-26(2,35)15-36-21-7-6-17(27)13-19(21)18-5-3-4-16-12-22(37-24(16)18)23-20(28)14-30-25(32-23)29-8-10-34-11-9-31-33-34/h3-7,9,11-14,35H,8,10,15H2,1-2H3,(H,29,30,32). The molecule has 0 fully saturated rings. The number of hydrogen-bond acceptors (Lipinski definition) is 8. The predicted octanol–water partition coefficient (Wildman–Crippen LogP) is 5.16. The SMILES string of the molecule is CC(C)(O)COc1ccc(F)cc1-c1cccc2cc(-c3nc(NCCn4ccnn4)ncc3F)sc12. The first kappa shape index (κ1) is 24.7. The van der Waals surface area contributed by atoms with E-state index in [-0.39, 0.29) is 12.3 Å². The lowest BCUT2D eigenvalue weighted by atomic mass is 10.0. The number of aliphatic hydroxyl groups is 1. The van der Waals surface area contributed by atoms with Crippen molar-refractivity contribution in [3.05, 3.63) is 72.7 Å². The normalized spacial score (nSPS) is 11.7. The Morgan fingerprint density at radius 2 is 2.00 bits per heavy atom. The van der Waals surface area contributed by atoms with Gasteiger partial charge in [-0.15, -0.1) is 16.4 Å². The lowest BCUT2D eigenvalue weighted by Gasteiger charge is -2.19. The van der Waals surface area contributed by atoms with E-state index in [1.54, 1.807) is 37.0 Å². The Hall–Kier alpha value is -3.96. The third kappa shape index (κ3) is 5.73. The molecule has 0 amide bonds. The average molecular weight is 523 g/mol. The molecule has 0 bridgehead atoms. The van der Waals surface area contributed by atoms with Crippen LogP contribution in [0.25, 0.3) is 31.8 Å². The molecule has 0 radical (unpaired) electrons. The van der Waals surface area contributed by atoms with Crippen molar-refractivity contribution in [2.24, 2.45) is 0 Å². The van der Waals surface area contributed by atoms with Gasteiger partial charge in [0.25, 0.3) is 0 Å². The highest BCUT2D eigenvalue weighted by Crippen LogP contribution is 2.42. The Morgan fingerprint density at radius 3 is 2.78 bits per heavy atom. The molecule has 3 heterocycles. The van der Waals surface area contributed by atoms with Crippen LogP contribution in [0, 0.1) is 11.6 Å². The first-order chi connectivity index (χ1) is 17.8. The summed E-state index contributed by atoms with van der Waals surface area (Å²) in [6.45, 7) is 4.34. The van der Waals surface area contributed by atoms with E-state index in [1.807, 2.05) is 24.3 Å². The molecule has 0 spiro atoms. The van der Waals surface area contributed by atoms with E-state index >= 15 is 0 Å². The number of fused-ring (bicyclic) bond motifs is 1. The number of thiophene rings is 1. The van der Waals surface area contributed by atoms with E-state index in [9.17, 15) is 13.9 Å². The molecule has 0 atom stereocenters. The first-order valence-corrected chi connectivity index (χ1v) is 12.4. The zero-order valence-electron chi connectivity index (χ0n) is 20.2. The number of anilines is 1. The second kappa shape index (κ2) is 10.2. The highest BCUT2D eigenvalue weighted by Gasteiger charge is 2.19. The number of nitrogens with zero attached hydrogens (tertiary/aromatic N) is 5. The van der Waals surface area contributed by atoms with Gasteiger partial charge in [0, 0.05) is 28.6 Å². The fraction of sp³-hybridized carbons (Fsp3) is 0.231.